The maximum absolute atomic E-state index is 10.7. The Bertz CT molecular complexity index is 552. The summed E-state index contributed by atoms with van der Waals surface area (Å²) in [5.41, 5.74) is -0.0509. The Morgan fingerprint density at radius 3 is 3.00 bits per heavy atom. The number of carboxylic acids is 1. The fourth-order valence-electron chi connectivity index (χ4n) is 2.57. The first-order chi connectivity index (χ1) is 9.97. The summed E-state index contributed by atoms with van der Waals surface area (Å²) in [6, 6.07) is 1.45. The van der Waals surface area contributed by atoms with E-state index in [1.807, 2.05) is 0 Å². The topological polar surface area (TPSA) is 96.6 Å². The second-order valence-corrected chi connectivity index (χ2v) is 6.00. The maximum atomic E-state index is 10.7. The molecule has 0 radical (unpaired) electrons. The molecule has 7 nitrogen and oxygen atoms in total. The standard InChI is InChI=1S/C13H16BrN3O4/c14-11-6-10(17(20)21)7-15-13(11)16-5-1-2-9(8-16)3-4-12(18)19/h6-7,9H,1-5,8H2,(H,18,19). The van der Waals surface area contributed by atoms with E-state index in [1.54, 1.807) is 0 Å². The molecule has 1 N–H and O–H groups in total. The number of rotatable bonds is 5. The number of carbonyl (C=O) groups is 1. The quantitative estimate of drug-likeness (QED) is 0.642. The normalized spacial score (nSPS) is 18.5. The lowest BCUT2D eigenvalue weighted by Crippen LogP contribution is -2.36. The summed E-state index contributed by atoms with van der Waals surface area (Å²) in [6.07, 6.45) is 4.05. The molecule has 2 heterocycles. The highest BCUT2D eigenvalue weighted by atomic mass is 79.9. The van der Waals surface area contributed by atoms with Crippen LogP contribution < -0.4 is 4.90 Å². The number of halogens is 1. The summed E-state index contributed by atoms with van der Waals surface area (Å²) >= 11 is 3.33. The van der Waals surface area contributed by atoms with Crippen molar-refractivity contribution >= 4 is 33.4 Å². The highest BCUT2D eigenvalue weighted by Gasteiger charge is 2.23. The molecule has 1 fully saturated rings. The number of anilines is 1. The molecule has 0 spiro atoms. The highest BCUT2D eigenvalue weighted by Crippen LogP contribution is 2.31. The van der Waals surface area contributed by atoms with E-state index in [9.17, 15) is 14.9 Å². The highest BCUT2D eigenvalue weighted by molar-refractivity contribution is 9.10. The molecule has 8 heteroatoms. The Balaban J connectivity index is 2.07. The van der Waals surface area contributed by atoms with Gasteiger partial charge in [-0.3, -0.25) is 14.9 Å². The van der Waals surface area contributed by atoms with Crippen LogP contribution in [0.15, 0.2) is 16.7 Å². The van der Waals surface area contributed by atoms with Gasteiger partial charge in [0, 0.05) is 25.6 Å². The van der Waals surface area contributed by atoms with Crippen LogP contribution in [0.2, 0.25) is 0 Å². The minimum Gasteiger partial charge on any atom is -0.481 e. The van der Waals surface area contributed by atoms with Gasteiger partial charge in [-0.25, -0.2) is 4.98 Å². The van der Waals surface area contributed by atoms with E-state index in [2.05, 4.69) is 25.8 Å². The Morgan fingerprint density at radius 2 is 2.38 bits per heavy atom. The van der Waals surface area contributed by atoms with Crippen LogP contribution in [0.1, 0.15) is 25.7 Å². The summed E-state index contributed by atoms with van der Waals surface area (Å²) in [7, 11) is 0. The third-order valence-corrected chi connectivity index (χ3v) is 4.19. The first-order valence-corrected chi connectivity index (χ1v) is 7.53. The van der Waals surface area contributed by atoms with Gasteiger partial charge in [-0.1, -0.05) is 0 Å². The van der Waals surface area contributed by atoms with Crippen LogP contribution in [-0.4, -0.2) is 34.1 Å². The minimum atomic E-state index is -0.776. The van der Waals surface area contributed by atoms with Crippen LogP contribution in [0.25, 0.3) is 0 Å². The zero-order chi connectivity index (χ0) is 15.4. The van der Waals surface area contributed by atoms with Crippen molar-refractivity contribution in [1.29, 1.82) is 0 Å². The van der Waals surface area contributed by atoms with Crippen molar-refractivity contribution in [3.05, 3.63) is 26.9 Å². The molecule has 0 aromatic carbocycles. The molecular formula is C13H16BrN3O4. The number of pyridine rings is 1. The predicted molar refractivity (Wildman–Crippen MR) is 80.4 cm³/mol. The zero-order valence-corrected chi connectivity index (χ0v) is 13.0. The Labute approximate surface area is 130 Å². The first-order valence-electron chi connectivity index (χ1n) is 6.74. The van der Waals surface area contributed by atoms with Gasteiger partial charge in [0.2, 0.25) is 0 Å². The molecule has 1 aliphatic heterocycles. The van der Waals surface area contributed by atoms with Gasteiger partial charge in [-0.15, -0.1) is 0 Å². The van der Waals surface area contributed by atoms with Crippen LogP contribution >= 0.6 is 15.9 Å². The molecule has 1 aromatic rings. The molecule has 1 saturated heterocycles. The van der Waals surface area contributed by atoms with Crippen molar-refractivity contribution in [3.63, 3.8) is 0 Å². The molecule has 0 amide bonds. The molecule has 1 unspecified atom stereocenters. The van der Waals surface area contributed by atoms with Gasteiger partial charge in [0.1, 0.15) is 12.0 Å². The van der Waals surface area contributed by atoms with Crippen molar-refractivity contribution in [2.24, 2.45) is 5.92 Å². The number of aliphatic carboxylic acids is 1. The van der Waals surface area contributed by atoms with Gasteiger partial charge in [-0.2, -0.15) is 0 Å². The molecule has 0 saturated carbocycles. The fourth-order valence-corrected chi connectivity index (χ4v) is 3.16. The second-order valence-electron chi connectivity index (χ2n) is 5.14. The maximum Gasteiger partial charge on any atom is 0.303 e. The van der Waals surface area contributed by atoms with E-state index in [1.165, 1.54) is 12.3 Å². The number of carboxylic acid groups (broad SMARTS) is 1. The minimum absolute atomic E-state index is 0.0509. The van der Waals surface area contributed by atoms with Crippen LogP contribution in [0.4, 0.5) is 11.5 Å². The molecule has 2 rings (SSSR count). The second kappa shape index (κ2) is 6.84. The average molecular weight is 358 g/mol. The summed E-state index contributed by atoms with van der Waals surface area (Å²) in [6.45, 7) is 1.56. The first kappa shape index (κ1) is 15.7. The molecular weight excluding hydrogens is 342 g/mol. The Morgan fingerprint density at radius 1 is 1.62 bits per heavy atom. The lowest BCUT2D eigenvalue weighted by molar-refractivity contribution is -0.385. The predicted octanol–water partition coefficient (Wildman–Crippen LogP) is 2.83. The van der Waals surface area contributed by atoms with Gasteiger partial charge < -0.3 is 10.0 Å². The third-order valence-electron chi connectivity index (χ3n) is 3.60. The summed E-state index contributed by atoms with van der Waals surface area (Å²) in [5, 5.41) is 19.5. The lowest BCUT2D eigenvalue weighted by atomic mass is 9.93. The number of hydrogen-bond acceptors (Lipinski definition) is 5. The third kappa shape index (κ3) is 4.13. The molecule has 0 aliphatic carbocycles. The molecule has 1 aromatic heterocycles. The van der Waals surface area contributed by atoms with E-state index in [0.717, 1.165) is 25.9 Å². The number of nitrogens with zero attached hydrogens (tertiary/aromatic N) is 3. The number of nitro groups is 1. The number of aromatic nitrogens is 1. The average Bonchev–Trinajstić information content (AvgIpc) is 2.45. The van der Waals surface area contributed by atoms with Crippen LogP contribution in [0.5, 0.6) is 0 Å². The van der Waals surface area contributed by atoms with Crippen molar-refractivity contribution in [2.75, 3.05) is 18.0 Å². The summed E-state index contributed by atoms with van der Waals surface area (Å²) in [4.78, 5) is 27.1. The summed E-state index contributed by atoms with van der Waals surface area (Å²) < 4.78 is 0.593. The van der Waals surface area contributed by atoms with Gasteiger partial charge >= 0.3 is 5.97 Å². The molecule has 0 bridgehead atoms. The monoisotopic (exact) mass is 357 g/mol. The number of hydrogen-bond donors (Lipinski definition) is 1. The van der Waals surface area contributed by atoms with Crippen molar-refractivity contribution < 1.29 is 14.8 Å². The smallest absolute Gasteiger partial charge is 0.303 e. The van der Waals surface area contributed by atoms with Crippen LogP contribution in [-0.2, 0) is 4.79 Å². The van der Waals surface area contributed by atoms with E-state index in [4.69, 9.17) is 5.11 Å². The SMILES string of the molecule is O=C(O)CCC1CCCN(c2ncc([N+](=O)[O-])cc2Br)C1. The van der Waals surface area contributed by atoms with Crippen molar-refractivity contribution in [3.8, 4) is 0 Å². The zero-order valence-electron chi connectivity index (χ0n) is 11.4. The van der Waals surface area contributed by atoms with Gasteiger partial charge in [0.15, 0.2) is 0 Å². The van der Waals surface area contributed by atoms with Crippen LogP contribution in [0.3, 0.4) is 0 Å². The lowest BCUT2D eigenvalue weighted by Gasteiger charge is -2.33. The van der Waals surface area contributed by atoms with E-state index < -0.39 is 10.9 Å². The Kier molecular flexibility index (Phi) is 5.11. The van der Waals surface area contributed by atoms with Crippen molar-refractivity contribution in [1.82, 2.24) is 4.98 Å². The molecule has 1 aliphatic rings. The van der Waals surface area contributed by atoms with Crippen molar-refractivity contribution in [2.45, 2.75) is 25.7 Å². The summed E-state index contributed by atoms with van der Waals surface area (Å²) in [5.74, 6) is 0.223. The molecule has 21 heavy (non-hydrogen) atoms. The van der Waals surface area contributed by atoms with Gasteiger partial charge in [0.25, 0.3) is 5.69 Å². The van der Waals surface area contributed by atoms with Gasteiger partial charge in [0.05, 0.1) is 9.40 Å². The molecule has 114 valence electrons. The van der Waals surface area contributed by atoms with E-state index in [0.29, 0.717) is 22.6 Å². The molecule has 1 atom stereocenters. The Hall–Kier alpha value is -1.70. The van der Waals surface area contributed by atoms with E-state index >= 15 is 0 Å². The van der Waals surface area contributed by atoms with Gasteiger partial charge in [-0.05, 0) is 41.1 Å². The largest absolute Gasteiger partial charge is 0.481 e. The number of piperidine rings is 1. The fraction of sp³-hybridized carbons (Fsp3) is 0.538. The van der Waals surface area contributed by atoms with Crippen LogP contribution in [0, 0.1) is 16.0 Å². The van der Waals surface area contributed by atoms with E-state index in [-0.39, 0.29) is 12.1 Å².